The summed E-state index contributed by atoms with van der Waals surface area (Å²) in [6, 6.07) is 12.3. The van der Waals surface area contributed by atoms with Gasteiger partial charge in [0, 0.05) is 32.4 Å². The van der Waals surface area contributed by atoms with E-state index in [-0.39, 0.29) is 6.04 Å². The minimum Gasteiger partial charge on any atom is -0.354 e. The molecule has 0 unspecified atom stereocenters. The van der Waals surface area contributed by atoms with Gasteiger partial charge < -0.3 is 15.5 Å². The first-order chi connectivity index (χ1) is 11.2. The average molecular weight is 310 g/mol. The van der Waals surface area contributed by atoms with E-state index in [2.05, 4.69) is 41.8 Å². The van der Waals surface area contributed by atoms with Crippen molar-refractivity contribution in [1.82, 2.24) is 9.88 Å². The van der Waals surface area contributed by atoms with Crippen molar-refractivity contribution in [2.75, 3.05) is 37.6 Å². The van der Waals surface area contributed by atoms with Crippen molar-refractivity contribution in [3.8, 4) is 0 Å². The van der Waals surface area contributed by atoms with Crippen LogP contribution in [0.4, 0.5) is 5.82 Å². The quantitative estimate of drug-likeness (QED) is 0.943. The highest BCUT2D eigenvalue weighted by Gasteiger charge is 2.19. The van der Waals surface area contributed by atoms with Crippen LogP contribution < -0.4 is 10.6 Å². The third-order valence-electron chi connectivity index (χ3n) is 4.71. The molecule has 2 heterocycles. The van der Waals surface area contributed by atoms with Crippen LogP contribution in [0.1, 0.15) is 29.7 Å². The van der Waals surface area contributed by atoms with Crippen LogP contribution in [0.5, 0.6) is 0 Å². The molecule has 2 N–H and O–H groups in total. The number of likely N-dealkylation sites (N-methyl/N-ethyl adjacent to an activating group) is 1. The predicted molar refractivity (Wildman–Crippen MR) is 95.8 cm³/mol. The van der Waals surface area contributed by atoms with Crippen molar-refractivity contribution in [3.05, 3.63) is 59.3 Å². The largest absolute Gasteiger partial charge is 0.354 e. The molecule has 122 valence electrons. The number of hydrogen-bond acceptors (Lipinski definition) is 4. The van der Waals surface area contributed by atoms with E-state index >= 15 is 0 Å². The maximum atomic E-state index is 6.39. The Morgan fingerprint density at radius 1 is 1.09 bits per heavy atom. The van der Waals surface area contributed by atoms with Crippen molar-refractivity contribution < 1.29 is 0 Å². The Morgan fingerprint density at radius 2 is 1.78 bits per heavy atom. The Kier molecular flexibility index (Phi) is 4.94. The number of pyridine rings is 1. The molecule has 23 heavy (non-hydrogen) atoms. The second-order valence-corrected chi connectivity index (χ2v) is 6.22. The number of rotatable bonds is 4. The van der Waals surface area contributed by atoms with E-state index in [1.165, 1.54) is 5.56 Å². The Bertz CT molecular complexity index is 633. The molecule has 4 nitrogen and oxygen atoms in total. The van der Waals surface area contributed by atoms with Crippen LogP contribution >= 0.6 is 0 Å². The van der Waals surface area contributed by atoms with Crippen LogP contribution in [0.25, 0.3) is 0 Å². The monoisotopic (exact) mass is 310 g/mol. The molecule has 1 fully saturated rings. The number of piperazine rings is 1. The van der Waals surface area contributed by atoms with Gasteiger partial charge in [0.2, 0.25) is 0 Å². The minimum absolute atomic E-state index is 0.117. The lowest BCUT2D eigenvalue weighted by atomic mass is 10.00. The summed E-state index contributed by atoms with van der Waals surface area (Å²) in [5.74, 6) is 1.10. The molecule has 0 amide bonds. The first kappa shape index (κ1) is 16.0. The number of benzene rings is 1. The van der Waals surface area contributed by atoms with Crippen molar-refractivity contribution >= 4 is 5.82 Å². The van der Waals surface area contributed by atoms with Crippen LogP contribution in [-0.4, -0.2) is 42.6 Å². The molecule has 0 aliphatic carbocycles. The van der Waals surface area contributed by atoms with E-state index in [0.29, 0.717) is 0 Å². The molecular formula is C19H26N4. The SMILES string of the molecule is CCN1CCN(c2ncc([C@H](N)c3ccccc3)cc2C)CC1. The molecule has 1 atom stereocenters. The number of hydrogen-bond donors (Lipinski definition) is 1. The summed E-state index contributed by atoms with van der Waals surface area (Å²) >= 11 is 0. The van der Waals surface area contributed by atoms with Crippen LogP contribution in [0, 0.1) is 6.92 Å². The topological polar surface area (TPSA) is 45.4 Å². The molecule has 4 heteroatoms. The summed E-state index contributed by atoms with van der Waals surface area (Å²) in [6.45, 7) is 9.81. The van der Waals surface area contributed by atoms with E-state index in [9.17, 15) is 0 Å². The van der Waals surface area contributed by atoms with Gasteiger partial charge in [-0.2, -0.15) is 0 Å². The fraction of sp³-hybridized carbons (Fsp3) is 0.421. The zero-order valence-corrected chi connectivity index (χ0v) is 14.1. The first-order valence-electron chi connectivity index (χ1n) is 8.43. The Balaban J connectivity index is 1.76. The molecular weight excluding hydrogens is 284 g/mol. The molecule has 1 aromatic carbocycles. The molecule has 0 bridgehead atoms. The fourth-order valence-electron chi connectivity index (χ4n) is 3.22. The number of nitrogens with two attached hydrogens (primary N) is 1. The van der Waals surface area contributed by atoms with Gasteiger partial charge in [-0.25, -0.2) is 4.98 Å². The van der Waals surface area contributed by atoms with Crippen molar-refractivity contribution in [3.63, 3.8) is 0 Å². The van der Waals surface area contributed by atoms with E-state index in [1.54, 1.807) is 0 Å². The fourth-order valence-corrected chi connectivity index (χ4v) is 3.22. The summed E-state index contributed by atoms with van der Waals surface area (Å²) in [6.07, 6.45) is 1.94. The lowest BCUT2D eigenvalue weighted by molar-refractivity contribution is 0.270. The Hall–Kier alpha value is -1.91. The molecule has 1 aromatic heterocycles. The van der Waals surface area contributed by atoms with Gasteiger partial charge in [0.05, 0.1) is 6.04 Å². The predicted octanol–water partition coefficient (Wildman–Crippen LogP) is 2.58. The van der Waals surface area contributed by atoms with Gasteiger partial charge in [-0.3, -0.25) is 0 Å². The van der Waals surface area contributed by atoms with Crippen LogP contribution in [0.15, 0.2) is 42.6 Å². The van der Waals surface area contributed by atoms with E-state index in [4.69, 9.17) is 10.7 Å². The highest BCUT2D eigenvalue weighted by Crippen LogP contribution is 2.24. The smallest absolute Gasteiger partial charge is 0.131 e. The van der Waals surface area contributed by atoms with Crippen LogP contribution in [0.3, 0.4) is 0 Å². The minimum atomic E-state index is -0.117. The van der Waals surface area contributed by atoms with Gasteiger partial charge >= 0.3 is 0 Å². The standard InChI is InChI=1S/C19H26N4/c1-3-22-9-11-23(12-10-22)19-15(2)13-17(14-21-19)18(20)16-7-5-4-6-8-16/h4-8,13-14,18H,3,9-12,20H2,1-2H3/t18-/m1/s1. The summed E-state index contributed by atoms with van der Waals surface area (Å²) in [5, 5.41) is 0. The van der Waals surface area contributed by atoms with Crippen molar-refractivity contribution in [2.45, 2.75) is 19.9 Å². The van der Waals surface area contributed by atoms with Gasteiger partial charge in [0.15, 0.2) is 0 Å². The highest BCUT2D eigenvalue weighted by atomic mass is 15.3. The molecule has 2 aromatic rings. The normalized spacial score (nSPS) is 17.3. The summed E-state index contributed by atoms with van der Waals surface area (Å²) in [4.78, 5) is 9.59. The molecule has 0 radical (unpaired) electrons. The molecule has 0 spiro atoms. The maximum absolute atomic E-state index is 6.39. The second kappa shape index (κ2) is 7.11. The van der Waals surface area contributed by atoms with Gasteiger partial charge in [0.1, 0.15) is 5.82 Å². The third-order valence-corrected chi connectivity index (χ3v) is 4.71. The third kappa shape index (κ3) is 3.54. The van der Waals surface area contributed by atoms with Gasteiger partial charge in [-0.15, -0.1) is 0 Å². The molecule has 0 saturated carbocycles. The Labute approximate surface area is 138 Å². The molecule has 3 rings (SSSR count). The summed E-state index contributed by atoms with van der Waals surface area (Å²) < 4.78 is 0. The van der Waals surface area contributed by atoms with E-state index in [0.717, 1.165) is 49.7 Å². The molecule has 1 aliphatic heterocycles. The van der Waals surface area contributed by atoms with Crippen LogP contribution in [-0.2, 0) is 0 Å². The van der Waals surface area contributed by atoms with Gasteiger partial charge in [-0.05, 0) is 36.2 Å². The summed E-state index contributed by atoms with van der Waals surface area (Å²) in [5.41, 5.74) is 9.79. The zero-order chi connectivity index (χ0) is 16.2. The van der Waals surface area contributed by atoms with E-state index < -0.39 is 0 Å². The lowest BCUT2D eigenvalue weighted by Crippen LogP contribution is -2.46. The average Bonchev–Trinajstić information content (AvgIpc) is 2.62. The highest BCUT2D eigenvalue weighted by molar-refractivity contribution is 5.49. The summed E-state index contributed by atoms with van der Waals surface area (Å²) in [7, 11) is 0. The zero-order valence-electron chi connectivity index (χ0n) is 14.1. The number of nitrogens with zero attached hydrogens (tertiary/aromatic N) is 3. The number of aryl methyl sites for hydroxylation is 1. The molecule has 1 aliphatic rings. The number of aromatic nitrogens is 1. The van der Waals surface area contributed by atoms with Gasteiger partial charge in [-0.1, -0.05) is 37.3 Å². The molecule has 1 saturated heterocycles. The van der Waals surface area contributed by atoms with Crippen molar-refractivity contribution in [1.29, 1.82) is 0 Å². The lowest BCUT2D eigenvalue weighted by Gasteiger charge is -2.35. The maximum Gasteiger partial charge on any atom is 0.131 e. The Morgan fingerprint density at radius 3 is 2.39 bits per heavy atom. The van der Waals surface area contributed by atoms with E-state index in [1.807, 2.05) is 24.4 Å². The van der Waals surface area contributed by atoms with Crippen molar-refractivity contribution in [2.24, 2.45) is 5.73 Å². The first-order valence-corrected chi connectivity index (χ1v) is 8.43. The van der Waals surface area contributed by atoms with Crippen LogP contribution in [0.2, 0.25) is 0 Å². The van der Waals surface area contributed by atoms with Gasteiger partial charge in [0.25, 0.3) is 0 Å². The second-order valence-electron chi connectivity index (χ2n) is 6.22. The number of anilines is 1.